The van der Waals surface area contributed by atoms with Crippen LogP contribution in [0.25, 0.3) is 5.65 Å². The number of amides is 1. The van der Waals surface area contributed by atoms with Gasteiger partial charge in [0.1, 0.15) is 5.65 Å². The highest BCUT2D eigenvalue weighted by Crippen LogP contribution is 2.27. The number of hydrogen-bond donors (Lipinski definition) is 1. The number of benzene rings is 1. The van der Waals surface area contributed by atoms with Crippen LogP contribution in [0.2, 0.25) is 0 Å². The first-order chi connectivity index (χ1) is 12.1. The van der Waals surface area contributed by atoms with E-state index in [-0.39, 0.29) is 11.8 Å². The first kappa shape index (κ1) is 15.4. The number of fused-ring (bicyclic) bond motifs is 3. The Balaban J connectivity index is 1.57. The number of nitrogens with one attached hydrogen (secondary N) is 1. The summed E-state index contributed by atoms with van der Waals surface area (Å²) in [5.41, 5.74) is 5.56. The minimum absolute atomic E-state index is 0.00310. The molecule has 5 nitrogen and oxygen atoms in total. The van der Waals surface area contributed by atoms with Gasteiger partial charge in [-0.05, 0) is 49.6 Å². The highest BCUT2D eigenvalue weighted by molar-refractivity contribution is 5.93. The number of imidazole rings is 1. The summed E-state index contributed by atoms with van der Waals surface area (Å²) in [5.74, 6) is -0.0815. The Labute approximate surface area is 145 Å². The Morgan fingerprint density at radius 2 is 2.24 bits per heavy atom. The number of carbonyl (C=O) groups excluding carboxylic acids is 1. The zero-order valence-electron chi connectivity index (χ0n) is 14.0. The fraction of sp³-hybridized carbons (Fsp3) is 0.250. The van der Waals surface area contributed by atoms with Crippen molar-refractivity contribution >= 4 is 17.2 Å². The lowest BCUT2D eigenvalue weighted by Crippen LogP contribution is -2.28. The second-order valence-electron chi connectivity index (χ2n) is 6.56. The van der Waals surface area contributed by atoms with Crippen LogP contribution in [-0.4, -0.2) is 15.3 Å². The molecule has 1 aliphatic carbocycles. The third-order valence-corrected chi connectivity index (χ3v) is 4.75. The summed E-state index contributed by atoms with van der Waals surface area (Å²) >= 11 is 0. The lowest BCUT2D eigenvalue weighted by atomic mass is 9.89. The van der Waals surface area contributed by atoms with E-state index in [0.717, 1.165) is 29.9 Å². The van der Waals surface area contributed by atoms with E-state index >= 15 is 0 Å². The highest BCUT2D eigenvalue weighted by atomic mass is 16.1. The molecule has 1 aromatic carbocycles. The zero-order chi connectivity index (χ0) is 17.4. The van der Waals surface area contributed by atoms with Crippen LogP contribution in [0.3, 0.4) is 0 Å². The maximum Gasteiger partial charge on any atom is 0.227 e. The van der Waals surface area contributed by atoms with Gasteiger partial charge < -0.3 is 9.72 Å². The Hall–Kier alpha value is -3.13. The van der Waals surface area contributed by atoms with Gasteiger partial charge in [0.15, 0.2) is 0 Å². The van der Waals surface area contributed by atoms with Gasteiger partial charge in [-0.1, -0.05) is 12.1 Å². The van der Waals surface area contributed by atoms with Gasteiger partial charge in [-0.2, -0.15) is 5.26 Å². The number of carbonyl (C=O) groups is 1. The summed E-state index contributed by atoms with van der Waals surface area (Å²) in [6, 6.07) is 13.2. The molecule has 1 atom stereocenters. The monoisotopic (exact) mass is 330 g/mol. The maximum atomic E-state index is 12.7. The number of anilines is 1. The van der Waals surface area contributed by atoms with Gasteiger partial charge in [0.25, 0.3) is 0 Å². The van der Waals surface area contributed by atoms with Crippen molar-refractivity contribution < 1.29 is 4.79 Å². The first-order valence-electron chi connectivity index (χ1n) is 8.41. The van der Waals surface area contributed by atoms with Crippen LogP contribution in [0.1, 0.15) is 28.9 Å². The summed E-state index contributed by atoms with van der Waals surface area (Å²) in [5, 5.41) is 11.9. The topological polar surface area (TPSA) is 70.2 Å². The van der Waals surface area contributed by atoms with E-state index in [4.69, 9.17) is 10.2 Å². The highest BCUT2D eigenvalue weighted by Gasteiger charge is 2.28. The summed E-state index contributed by atoms with van der Waals surface area (Å²) in [7, 11) is 0. The molecule has 0 aliphatic heterocycles. The molecule has 5 heteroatoms. The first-order valence-corrected chi connectivity index (χ1v) is 8.41. The molecule has 0 bridgehead atoms. The molecule has 2 aromatic heterocycles. The van der Waals surface area contributed by atoms with E-state index in [2.05, 4.69) is 35.0 Å². The van der Waals surface area contributed by atoms with Crippen LogP contribution in [0.5, 0.6) is 0 Å². The molecule has 0 saturated carbocycles. The molecule has 1 amide bonds. The molecule has 0 radical (unpaired) electrons. The van der Waals surface area contributed by atoms with Crippen molar-refractivity contribution in [1.82, 2.24) is 9.38 Å². The molecule has 25 heavy (non-hydrogen) atoms. The Kier molecular flexibility index (Phi) is 3.73. The van der Waals surface area contributed by atoms with Crippen molar-refractivity contribution in [1.29, 1.82) is 5.26 Å². The van der Waals surface area contributed by atoms with Crippen molar-refractivity contribution in [3.05, 3.63) is 65.1 Å². The van der Waals surface area contributed by atoms with Crippen molar-refractivity contribution in [2.75, 3.05) is 5.32 Å². The Morgan fingerprint density at radius 3 is 3.08 bits per heavy atom. The number of aryl methyl sites for hydroxylation is 2. The van der Waals surface area contributed by atoms with Gasteiger partial charge in [-0.15, -0.1) is 0 Å². The largest absolute Gasteiger partial charge is 0.326 e. The zero-order valence-corrected chi connectivity index (χ0v) is 14.0. The van der Waals surface area contributed by atoms with Crippen LogP contribution in [0, 0.1) is 24.2 Å². The fourth-order valence-electron chi connectivity index (χ4n) is 3.45. The average Bonchev–Trinajstić information content (AvgIpc) is 2.99. The van der Waals surface area contributed by atoms with Crippen molar-refractivity contribution in [3.63, 3.8) is 0 Å². The molecule has 2 heterocycles. The van der Waals surface area contributed by atoms with E-state index in [9.17, 15) is 4.79 Å². The quantitative estimate of drug-likeness (QED) is 0.784. The SMILES string of the molecule is Cc1ccc2nc3c(n2c1)CC(C(=O)Nc1cccc(C#N)c1)CC3. The number of hydrogen-bond acceptors (Lipinski definition) is 3. The van der Waals surface area contributed by atoms with Gasteiger partial charge in [-0.3, -0.25) is 4.79 Å². The second-order valence-corrected chi connectivity index (χ2v) is 6.56. The summed E-state index contributed by atoms with van der Waals surface area (Å²) in [4.78, 5) is 17.4. The predicted molar refractivity (Wildman–Crippen MR) is 95.2 cm³/mol. The molecular formula is C20H18N4O. The van der Waals surface area contributed by atoms with Crippen molar-refractivity contribution in [2.45, 2.75) is 26.2 Å². The molecule has 3 aromatic rings. The lowest BCUT2D eigenvalue weighted by Gasteiger charge is -2.21. The Morgan fingerprint density at radius 1 is 1.36 bits per heavy atom. The molecule has 1 aliphatic rings. The Bertz CT molecular complexity index is 1010. The minimum atomic E-state index is -0.0846. The van der Waals surface area contributed by atoms with Crippen LogP contribution in [-0.2, 0) is 17.6 Å². The van der Waals surface area contributed by atoms with E-state index in [0.29, 0.717) is 17.7 Å². The number of nitriles is 1. The predicted octanol–water partition coefficient (Wildman–Crippen LogP) is 3.26. The molecule has 0 saturated heterocycles. The van der Waals surface area contributed by atoms with Crippen LogP contribution < -0.4 is 5.32 Å². The summed E-state index contributed by atoms with van der Waals surface area (Å²) in [6.45, 7) is 2.06. The number of aromatic nitrogens is 2. The van der Waals surface area contributed by atoms with Gasteiger partial charge in [0.2, 0.25) is 5.91 Å². The van der Waals surface area contributed by atoms with Gasteiger partial charge in [0.05, 0.1) is 17.3 Å². The number of nitrogens with zero attached hydrogens (tertiary/aromatic N) is 3. The standard InChI is InChI=1S/C20H18N4O/c1-13-5-8-19-23-17-7-6-15(10-18(17)24(19)12-13)20(25)22-16-4-2-3-14(9-16)11-21/h2-5,8-9,12,15H,6-7,10H2,1H3,(H,22,25). The maximum absolute atomic E-state index is 12.7. The second kappa shape index (κ2) is 6.06. The van der Waals surface area contributed by atoms with E-state index < -0.39 is 0 Å². The average molecular weight is 330 g/mol. The normalized spacial score (nSPS) is 16.2. The number of pyridine rings is 1. The van der Waals surface area contributed by atoms with E-state index in [1.54, 1.807) is 18.2 Å². The molecule has 0 spiro atoms. The van der Waals surface area contributed by atoms with E-state index in [1.165, 1.54) is 5.56 Å². The third-order valence-electron chi connectivity index (χ3n) is 4.75. The molecular weight excluding hydrogens is 312 g/mol. The molecule has 0 fully saturated rings. The minimum Gasteiger partial charge on any atom is -0.326 e. The smallest absolute Gasteiger partial charge is 0.227 e. The molecule has 124 valence electrons. The van der Waals surface area contributed by atoms with Crippen LogP contribution in [0.4, 0.5) is 5.69 Å². The van der Waals surface area contributed by atoms with Crippen molar-refractivity contribution in [3.8, 4) is 6.07 Å². The number of rotatable bonds is 2. The lowest BCUT2D eigenvalue weighted by molar-refractivity contribution is -0.120. The molecule has 1 N–H and O–H groups in total. The third kappa shape index (κ3) is 2.87. The van der Waals surface area contributed by atoms with Gasteiger partial charge in [-0.25, -0.2) is 4.98 Å². The summed E-state index contributed by atoms with van der Waals surface area (Å²) < 4.78 is 2.11. The fourth-order valence-corrected chi connectivity index (χ4v) is 3.45. The van der Waals surface area contributed by atoms with Crippen LogP contribution >= 0.6 is 0 Å². The van der Waals surface area contributed by atoms with Gasteiger partial charge >= 0.3 is 0 Å². The molecule has 4 rings (SSSR count). The summed E-state index contributed by atoms with van der Waals surface area (Å²) in [6.07, 6.45) is 4.37. The van der Waals surface area contributed by atoms with Crippen molar-refractivity contribution in [2.24, 2.45) is 5.92 Å². The van der Waals surface area contributed by atoms with Crippen LogP contribution in [0.15, 0.2) is 42.6 Å². The van der Waals surface area contributed by atoms with Gasteiger partial charge in [0, 0.05) is 29.9 Å². The molecule has 1 unspecified atom stereocenters. The van der Waals surface area contributed by atoms with E-state index in [1.807, 2.05) is 12.1 Å².